The Balaban J connectivity index is 1.84. The van der Waals surface area contributed by atoms with E-state index in [1.54, 1.807) is 18.2 Å². The Labute approximate surface area is 232 Å². The zero-order valence-corrected chi connectivity index (χ0v) is 22.2. The fraction of sp³-hybridized carbons (Fsp3) is 0.250. The number of carbonyl (C=O) groups is 1. The number of hydrogen-bond acceptors (Lipinski definition) is 8. The van der Waals surface area contributed by atoms with E-state index in [0.29, 0.717) is 22.6 Å². The minimum absolute atomic E-state index is 0.0279. The molecule has 4 aromatic rings. The second kappa shape index (κ2) is 12.3. The van der Waals surface area contributed by atoms with E-state index in [4.69, 9.17) is 14.2 Å². The standard InChI is InChI=1S/C28H27F4N3O6/c1-38-18-10-16(33-6-7-36)9-17(11-18)35-26(19-5-4-15(29)8-23(19)39-2)27(37)21-14-34-22-13-24(40-3)25(12-20(21)22)41-28(30,31)32/h4-5,8-14,26,33-36H,6-7H2,1-3H3. The molecule has 0 saturated carbocycles. The number of Topliss-reactive ketones (excluding diaryl/α,β-unsaturated/α-hetero) is 1. The summed E-state index contributed by atoms with van der Waals surface area (Å²) < 4.78 is 73.2. The molecule has 4 N–H and O–H groups in total. The van der Waals surface area contributed by atoms with Crippen molar-refractivity contribution in [3.8, 4) is 23.0 Å². The molecule has 218 valence electrons. The van der Waals surface area contributed by atoms with Crippen molar-refractivity contribution in [2.24, 2.45) is 0 Å². The monoisotopic (exact) mass is 577 g/mol. The van der Waals surface area contributed by atoms with Gasteiger partial charge in [0.1, 0.15) is 23.4 Å². The summed E-state index contributed by atoms with van der Waals surface area (Å²) in [5.74, 6) is -1.48. The molecule has 13 heteroatoms. The lowest BCUT2D eigenvalue weighted by atomic mass is 9.95. The summed E-state index contributed by atoms with van der Waals surface area (Å²) in [7, 11) is 3.97. The smallest absolute Gasteiger partial charge is 0.497 e. The molecule has 0 aliphatic rings. The van der Waals surface area contributed by atoms with E-state index < -0.39 is 29.8 Å². The zero-order valence-electron chi connectivity index (χ0n) is 22.2. The molecule has 4 rings (SSSR count). The Kier molecular flexibility index (Phi) is 8.77. The van der Waals surface area contributed by atoms with E-state index in [9.17, 15) is 27.5 Å². The zero-order chi connectivity index (χ0) is 29.7. The summed E-state index contributed by atoms with van der Waals surface area (Å²) in [4.78, 5) is 17.0. The maximum absolute atomic E-state index is 14.1. The van der Waals surface area contributed by atoms with E-state index in [2.05, 4.69) is 20.4 Å². The molecule has 0 saturated heterocycles. The van der Waals surface area contributed by atoms with Gasteiger partial charge in [-0.3, -0.25) is 4.79 Å². The topological polar surface area (TPSA) is 114 Å². The van der Waals surface area contributed by atoms with Crippen molar-refractivity contribution < 1.29 is 46.4 Å². The summed E-state index contributed by atoms with van der Waals surface area (Å²) in [6.45, 7) is 0.126. The highest BCUT2D eigenvalue weighted by atomic mass is 19.4. The van der Waals surface area contributed by atoms with E-state index in [0.717, 1.165) is 18.2 Å². The van der Waals surface area contributed by atoms with E-state index in [-0.39, 0.29) is 41.2 Å². The molecule has 1 heterocycles. The first kappa shape index (κ1) is 29.3. The molecular formula is C28H27F4N3O6. The molecule has 3 aromatic carbocycles. The van der Waals surface area contributed by atoms with Gasteiger partial charge in [-0.25, -0.2) is 4.39 Å². The number of ether oxygens (including phenoxy) is 4. The van der Waals surface area contributed by atoms with Gasteiger partial charge in [-0.15, -0.1) is 13.2 Å². The van der Waals surface area contributed by atoms with Gasteiger partial charge in [-0.2, -0.15) is 0 Å². The van der Waals surface area contributed by atoms with Crippen molar-refractivity contribution in [1.82, 2.24) is 4.98 Å². The number of benzene rings is 3. The van der Waals surface area contributed by atoms with Crippen molar-refractivity contribution >= 4 is 28.1 Å². The molecule has 0 aliphatic heterocycles. The third-order valence-corrected chi connectivity index (χ3v) is 6.12. The Bertz CT molecular complexity index is 1540. The maximum Gasteiger partial charge on any atom is 0.573 e. The van der Waals surface area contributed by atoms with Gasteiger partial charge in [0.05, 0.1) is 33.5 Å². The molecule has 0 aliphatic carbocycles. The van der Waals surface area contributed by atoms with Crippen LogP contribution in [0.3, 0.4) is 0 Å². The molecule has 0 radical (unpaired) electrons. The van der Waals surface area contributed by atoms with Crippen LogP contribution in [0.1, 0.15) is 22.0 Å². The number of methoxy groups -OCH3 is 3. The van der Waals surface area contributed by atoms with Crippen LogP contribution in [0.2, 0.25) is 0 Å². The number of H-pyrrole nitrogens is 1. The van der Waals surface area contributed by atoms with Crippen molar-refractivity contribution in [1.29, 1.82) is 0 Å². The largest absolute Gasteiger partial charge is 0.573 e. The lowest BCUT2D eigenvalue weighted by Gasteiger charge is -2.22. The lowest BCUT2D eigenvalue weighted by Crippen LogP contribution is -2.22. The van der Waals surface area contributed by atoms with Crippen LogP contribution in [-0.2, 0) is 0 Å². The first-order valence-corrected chi connectivity index (χ1v) is 12.2. The minimum atomic E-state index is -5.00. The van der Waals surface area contributed by atoms with E-state index in [1.807, 2.05) is 0 Å². The molecule has 0 amide bonds. The third kappa shape index (κ3) is 6.74. The lowest BCUT2D eigenvalue weighted by molar-refractivity contribution is -0.275. The van der Waals surface area contributed by atoms with Crippen LogP contribution in [0, 0.1) is 5.82 Å². The second-order valence-corrected chi connectivity index (χ2v) is 8.73. The number of alkyl halides is 3. The number of nitrogens with one attached hydrogen (secondary N) is 3. The van der Waals surface area contributed by atoms with Gasteiger partial charge in [-0.1, -0.05) is 0 Å². The molecule has 41 heavy (non-hydrogen) atoms. The summed E-state index contributed by atoms with van der Waals surface area (Å²) in [6, 6.07) is 9.79. The second-order valence-electron chi connectivity index (χ2n) is 8.73. The predicted octanol–water partition coefficient (Wildman–Crippen LogP) is 5.67. The summed E-state index contributed by atoms with van der Waals surface area (Å²) in [5, 5.41) is 15.5. The molecule has 0 bridgehead atoms. The Hall–Kier alpha value is -4.65. The highest BCUT2D eigenvalue weighted by Crippen LogP contribution is 2.39. The predicted molar refractivity (Wildman–Crippen MR) is 144 cm³/mol. The number of aliphatic hydroxyl groups excluding tert-OH is 1. The third-order valence-electron chi connectivity index (χ3n) is 6.12. The highest BCUT2D eigenvalue weighted by molar-refractivity contribution is 6.12. The van der Waals surface area contributed by atoms with E-state index >= 15 is 0 Å². The van der Waals surface area contributed by atoms with Gasteiger partial charge >= 0.3 is 6.36 Å². The van der Waals surface area contributed by atoms with Crippen molar-refractivity contribution in [3.63, 3.8) is 0 Å². The van der Waals surface area contributed by atoms with Gasteiger partial charge in [-0.05, 0) is 24.3 Å². The molecule has 1 aromatic heterocycles. The Morgan fingerprint density at radius 3 is 2.34 bits per heavy atom. The van der Waals surface area contributed by atoms with E-state index in [1.165, 1.54) is 39.7 Å². The minimum Gasteiger partial charge on any atom is -0.497 e. The van der Waals surface area contributed by atoms with Crippen LogP contribution in [-0.4, -0.2) is 56.7 Å². The average molecular weight is 578 g/mol. The fourth-order valence-corrected chi connectivity index (χ4v) is 4.33. The maximum atomic E-state index is 14.1. The summed E-state index contributed by atoms with van der Waals surface area (Å²) in [5.41, 5.74) is 1.60. The number of halogens is 4. The number of aliphatic hydroxyl groups is 1. The summed E-state index contributed by atoms with van der Waals surface area (Å²) >= 11 is 0. The summed E-state index contributed by atoms with van der Waals surface area (Å²) in [6.07, 6.45) is -3.64. The van der Waals surface area contributed by atoms with Crippen LogP contribution in [0.15, 0.2) is 54.7 Å². The van der Waals surface area contributed by atoms with Crippen LogP contribution in [0.5, 0.6) is 23.0 Å². The molecule has 0 spiro atoms. The van der Waals surface area contributed by atoms with Gasteiger partial charge < -0.3 is 39.7 Å². The molecule has 1 unspecified atom stereocenters. The molecular weight excluding hydrogens is 550 g/mol. The SMILES string of the molecule is COc1cc(NCCO)cc(NC(C(=O)c2c[nH]c3cc(OC)c(OC(F)(F)F)cc23)c2ccc(F)cc2OC)c1. The van der Waals surface area contributed by atoms with Crippen LogP contribution in [0.25, 0.3) is 10.9 Å². The van der Waals surface area contributed by atoms with Gasteiger partial charge in [0.2, 0.25) is 0 Å². The van der Waals surface area contributed by atoms with Crippen molar-refractivity contribution in [3.05, 3.63) is 71.7 Å². The van der Waals surface area contributed by atoms with Crippen LogP contribution < -0.4 is 29.6 Å². The fourth-order valence-electron chi connectivity index (χ4n) is 4.33. The van der Waals surface area contributed by atoms with Crippen molar-refractivity contribution in [2.45, 2.75) is 12.4 Å². The quantitative estimate of drug-likeness (QED) is 0.126. The number of hydrogen-bond donors (Lipinski definition) is 4. The normalized spacial score (nSPS) is 12.1. The Morgan fingerprint density at radius 2 is 1.68 bits per heavy atom. The first-order valence-electron chi connectivity index (χ1n) is 12.2. The number of fused-ring (bicyclic) bond motifs is 1. The number of aromatic amines is 1. The number of anilines is 2. The molecule has 0 fully saturated rings. The van der Waals surface area contributed by atoms with Crippen molar-refractivity contribution in [2.75, 3.05) is 45.1 Å². The average Bonchev–Trinajstić information content (AvgIpc) is 3.35. The first-order chi connectivity index (χ1) is 19.6. The number of ketones is 1. The number of aromatic nitrogens is 1. The van der Waals surface area contributed by atoms with Gasteiger partial charge in [0.15, 0.2) is 17.3 Å². The van der Waals surface area contributed by atoms with Crippen LogP contribution >= 0.6 is 0 Å². The Morgan fingerprint density at radius 1 is 0.951 bits per heavy atom. The highest BCUT2D eigenvalue weighted by Gasteiger charge is 2.34. The van der Waals surface area contributed by atoms with Crippen LogP contribution in [0.4, 0.5) is 28.9 Å². The number of rotatable bonds is 12. The van der Waals surface area contributed by atoms with Gasteiger partial charge in [0.25, 0.3) is 0 Å². The molecule has 1 atom stereocenters. The van der Waals surface area contributed by atoms with Gasteiger partial charge in [0, 0.05) is 64.9 Å². The molecule has 9 nitrogen and oxygen atoms in total. The number of carbonyl (C=O) groups excluding carboxylic acids is 1.